The normalized spacial score (nSPS) is 11.8. The van der Waals surface area contributed by atoms with Crippen LogP contribution in [0, 0.1) is 0 Å². The fraction of sp³-hybridized carbons (Fsp3) is 0.500. The van der Waals surface area contributed by atoms with Crippen molar-refractivity contribution < 1.29 is 0 Å². The van der Waals surface area contributed by atoms with Gasteiger partial charge in [-0.25, -0.2) is 0 Å². The van der Waals surface area contributed by atoms with E-state index in [4.69, 9.17) is 11.6 Å². The van der Waals surface area contributed by atoms with Crippen molar-refractivity contribution in [3.05, 3.63) is 28.8 Å². The third-order valence-corrected chi connectivity index (χ3v) is 3.29. The largest absolute Gasteiger partial charge is 0.120 e. The first-order valence-electron chi connectivity index (χ1n) is 4.90. The van der Waals surface area contributed by atoms with Gasteiger partial charge in [0.05, 0.1) is 0 Å². The molecular weight excluding hydrogens is 212 g/mol. The van der Waals surface area contributed by atoms with Crippen LogP contribution < -0.4 is 0 Å². The zero-order chi connectivity index (χ0) is 10.8. The first-order valence-corrected chi connectivity index (χ1v) is 6.09. The predicted molar refractivity (Wildman–Crippen MR) is 66.4 cm³/mol. The topological polar surface area (TPSA) is 0 Å². The highest BCUT2D eigenvalue weighted by molar-refractivity contribution is 8.00. The Morgan fingerprint density at radius 2 is 1.93 bits per heavy atom. The van der Waals surface area contributed by atoms with Gasteiger partial charge in [-0.1, -0.05) is 39.3 Å². The molecule has 0 amide bonds. The van der Waals surface area contributed by atoms with E-state index < -0.39 is 0 Å². The van der Waals surface area contributed by atoms with E-state index in [-0.39, 0.29) is 4.75 Å². The SMILES string of the molecule is CCc1cc(SC(C)(C)C)ccc1Cl. The molecule has 0 atom stereocenters. The molecular formula is C12H17ClS. The fourth-order valence-corrected chi connectivity index (χ4v) is 2.53. The van der Waals surface area contributed by atoms with Gasteiger partial charge in [-0.15, -0.1) is 11.8 Å². The van der Waals surface area contributed by atoms with E-state index in [1.165, 1.54) is 10.5 Å². The van der Waals surface area contributed by atoms with Gasteiger partial charge in [-0.2, -0.15) is 0 Å². The van der Waals surface area contributed by atoms with Gasteiger partial charge in [0.15, 0.2) is 0 Å². The lowest BCUT2D eigenvalue weighted by molar-refractivity contribution is 0.802. The molecule has 0 fully saturated rings. The highest BCUT2D eigenvalue weighted by Gasteiger charge is 2.12. The van der Waals surface area contributed by atoms with Crippen LogP contribution in [-0.4, -0.2) is 4.75 Å². The van der Waals surface area contributed by atoms with Gasteiger partial charge < -0.3 is 0 Å². The minimum atomic E-state index is 0.263. The van der Waals surface area contributed by atoms with Crippen LogP contribution in [0.1, 0.15) is 33.3 Å². The Hall–Kier alpha value is -0.140. The minimum Gasteiger partial charge on any atom is -0.120 e. The Morgan fingerprint density at radius 1 is 1.29 bits per heavy atom. The van der Waals surface area contributed by atoms with Crippen LogP contribution in [-0.2, 0) is 6.42 Å². The molecule has 0 aliphatic carbocycles. The molecule has 0 bridgehead atoms. The molecule has 2 heteroatoms. The number of hydrogen-bond donors (Lipinski definition) is 0. The molecule has 0 saturated heterocycles. The highest BCUT2D eigenvalue weighted by Crippen LogP contribution is 2.33. The van der Waals surface area contributed by atoms with Crippen LogP contribution in [0.3, 0.4) is 0 Å². The van der Waals surface area contributed by atoms with Crippen LogP contribution >= 0.6 is 23.4 Å². The average Bonchev–Trinajstić information content (AvgIpc) is 2.06. The third-order valence-electron chi connectivity index (χ3n) is 1.82. The number of aryl methyl sites for hydroxylation is 1. The quantitative estimate of drug-likeness (QED) is 0.656. The third kappa shape index (κ3) is 3.55. The first-order chi connectivity index (χ1) is 6.42. The van der Waals surface area contributed by atoms with E-state index in [2.05, 4.69) is 39.8 Å². The van der Waals surface area contributed by atoms with Gasteiger partial charge in [0, 0.05) is 14.7 Å². The van der Waals surface area contributed by atoms with Crippen molar-refractivity contribution in [3.8, 4) is 0 Å². The van der Waals surface area contributed by atoms with Crippen LogP contribution in [0.15, 0.2) is 23.1 Å². The lowest BCUT2D eigenvalue weighted by Gasteiger charge is -2.18. The fourth-order valence-electron chi connectivity index (χ4n) is 1.24. The van der Waals surface area contributed by atoms with Gasteiger partial charge in [0.2, 0.25) is 0 Å². The summed E-state index contributed by atoms with van der Waals surface area (Å²) in [7, 11) is 0. The summed E-state index contributed by atoms with van der Waals surface area (Å²) in [6.07, 6.45) is 0.997. The second-order valence-electron chi connectivity index (χ2n) is 4.32. The molecule has 0 aliphatic heterocycles. The summed E-state index contributed by atoms with van der Waals surface area (Å²) in [4.78, 5) is 1.30. The zero-order valence-corrected chi connectivity index (χ0v) is 10.8. The summed E-state index contributed by atoms with van der Waals surface area (Å²) in [6, 6.07) is 6.28. The number of halogens is 1. The van der Waals surface area contributed by atoms with E-state index in [0.717, 1.165) is 11.4 Å². The van der Waals surface area contributed by atoms with E-state index in [9.17, 15) is 0 Å². The van der Waals surface area contributed by atoms with Crippen molar-refractivity contribution in [1.82, 2.24) is 0 Å². The molecule has 78 valence electrons. The number of hydrogen-bond acceptors (Lipinski definition) is 1. The maximum atomic E-state index is 6.06. The Bertz CT molecular complexity index is 313. The van der Waals surface area contributed by atoms with E-state index in [0.29, 0.717) is 0 Å². The Kier molecular flexibility index (Phi) is 3.91. The van der Waals surface area contributed by atoms with Crippen molar-refractivity contribution in [3.63, 3.8) is 0 Å². The summed E-state index contributed by atoms with van der Waals surface area (Å²) < 4.78 is 0.263. The van der Waals surface area contributed by atoms with Crippen molar-refractivity contribution >= 4 is 23.4 Å². The van der Waals surface area contributed by atoms with Crippen molar-refractivity contribution in [2.24, 2.45) is 0 Å². The van der Waals surface area contributed by atoms with E-state index in [1.54, 1.807) is 0 Å². The summed E-state index contributed by atoms with van der Waals surface area (Å²) >= 11 is 7.94. The molecule has 0 aliphatic rings. The van der Waals surface area contributed by atoms with Gasteiger partial charge in [0.25, 0.3) is 0 Å². The highest BCUT2D eigenvalue weighted by atomic mass is 35.5. The predicted octanol–water partition coefficient (Wildman–Crippen LogP) is 4.79. The summed E-state index contributed by atoms with van der Waals surface area (Å²) in [5.41, 5.74) is 1.24. The maximum absolute atomic E-state index is 6.06. The second kappa shape index (κ2) is 4.59. The van der Waals surface area contributed by atoms with Gasteiger partial charge in [0.1, 0.15) is 0 Å². The zero-order valence-electron chi connectivity index (χ0n) is 9.23. The summed E-state index contributed by atoms with van der Waals surface area (Å²) in [5, 5.41) is 0.880. The molecule has 1 aromatic carbocycles. The average molecular weight is 229 g/mol. The summed E-state index contributed by atoms with van der Waals surface area (Å²) in [6.45, 7) is 8.79. The lowest BCUT2D eigenvalue weighted by Crippen LogP contribution is -2.06. The molecule has 0 N–H and O–H groups in total. The van der Waals surface area contributed by atoms with Crippen molar-refractivity contribution in [2.45, 2.75) is 43.8 Å². The monoisotopic (exact) mass is 228 g/mol. The molecule has 0 heterocycles. The lowest BCUT2D eigenvalue weighted by atomic mass is 10.2. The van der Waals surface area contributed by atoms with Crippen molar-refractivity contribution in [1.29, 1.82) is 0 Å². The number of rotatable bonds is 2. The molecule has 0 radical (unpaired) electrons. The molecule has 0 aromatic heterocycles. The first kappa shape index (κ1) is 11.9. The smallest absolute Gasteiger partial charge is 0.0438 e. The molecule has 1 aromatic rings. The Labute approximate surface area is 96.0 Å². The van der Waals surface area contributed by atoms with Crippen LogP contribution in [0.2, 0.25) is 5.02 Å². The van der Waals surface area contributed by atoms with Gasteiger partial charge >= 0.3 is 0 Å². The Balaban J connectivity index is 2.90. The number of benzene rings is 1. The van der Waals surface area contributed by atoms with Crippen LogP contribution in [0.5, 0.6) is 0 Å². The maximum Gasteiger partial charge on any atom is 0.0438 e. The second-order valence-corrected chi connectivity index (χ2v) is 6.63. The van der Waals surface area contributed by atoms with Gasteiger partial charge in [-0.05, 0) is 30.2 Å². The van der Waals surface area contributed by atoms with Crippen LogP contribution in [0.4, 0.5) is 0 Å². The molecule has 1 rings (SSSR count). The van der Waals surface area contributed by atoms with Crippen LogP contribution in [0.25, 0.3) is 0 Å². The van der Waals surface area contributed by atoms with E-state index in [1.807, 2.05) is 17.8 Å². The van der Waals surface area contributed by atoms with Crippen molar-refractivity contribution in [2.75, 3.05) is 0 Å². The summed E-state index contributed by atoms with van der Waals surface area (Å²) in [5.74, 6) is 0. The molecule has 0 saturated carbocycles. The minimum absolute atomic E-state index is 0.263. The standard InChI is InChI=1S/C12H17ClS/c1-5-9-8-10(6-7-11(9)13)14-12(2,3)4/h6-8H,5H2,1-4H3. The number of thioether (sulfide) groups is 1. The molecule has 0 spiro atoms. The van der Waals surface area contributed by atoms with Gasteiger partial charge in [-0.3, -0.25) is 0 Å². The van der Waals surface area contributed by atoms with E-state index >= 15 is 0 Å². The molecule has 0 unspecified atom stereocenters. The molecule has 14 heavy (non-hydrogen) atoms. The Morgan fingerprint density at radius 3 is 2.43 bits per heavy atom. The molecule has 0 nitrogen and oxygen atoms in total.